The van der Waals surface area contributed by atoms with E-state index in [0.29, 0.717) is 17.2 Å². The first kappa shape index (κ1) is 16.4. The number of hydrogen-bond donors (Lipinski definition) is 0. The summed E-state index contributed by atoms with van der Waals surface area (Å²) in [6.07, 6.45) is 2.01. The number of benzene rings is 1. The van der Waals surface area contributed by atoms with Crippen LogP contribution in [-0.2, 0) is 0 Å². The Morgan fingerprint density at radius 1 is 1.52 bits per heavy atom. The first-order valence-corrected chi connectivity index (χ1v) is 8.73. The first-order chi connectivity index (χ1) is 9.99. The number of carbonyl (C=O) groups excluding carboxylic acids is 1. The maximum Gasteiger partial charge on any atom is 0.260 e. The van der Waals surface area contributed by atoms with Crippen LogP contribution in [0.25, 0.3) is 0 Å². The number of hydrogen-bond acceptors (Lipinski definition) is 3. The largest absolute Gasteiger partial charge is 0.497 e. The molecule has 0 N–H and O–H groups in total. The van der Waals surface area contributed by atoms with E-state index in [1.165, 1.54) is 0 Å². The molecule has 1 aromatic rings. The molecule has 0 aromatic heterocycles. The zero-order valence-electron chi connectivity index (χ0n) is 12.7. The molecule has 2 rings (SSSR count). The predicted octanol–water partition coefficient (Wildman–Crippen LogP) is 4.53. The van der Waals surface area contributed by atoms with Gasteiger partial charge in [0.15, 0.2) is 0 Å². The van der Waals surface area contributed by atoms with Gasteiger partial charge in [-0.2, -0.15) is 0 Å². The second kappa shape index (κ2) is 6.88. The lowest BCUT2D eigenvalue weighted by Crippen LogP contribution is -2.39. The average Bonchev–Trinajstić information content (AvgIpc) is 2.91. The number of nitrogens with zero attached hydrogens (tertiary/aromatic N) is 1. The van der Waals surface area contributed by atoms with Crippen molar-refractivity contribution in [3.63, 3.8) is 0 Å². The zero-order valence-corrected chi connectivity index (χ0v) is 15.1. The molecule has 0 spiro atoms. The summed E-state index contributed by atoms with van der Waals surface area (Å²) in [4.78, 5) is 14.9. The number of carbonyl (C=O) groups is 1. The van der Waals surface area contributed by atoms with Gasteiger partial charge in [-0.1, -0.05) is 19.9 Å². The SMILES string of the molecule is C/C=C1\SC[C@H](C(C)C)N1C(=O)c1cc(OC)ccc1Br. The molecule has 1 heterocycles. The lowest BCUT2D eigenvalue weighted by molar-refractivity contribution is 0.0753. The van der Waals surface area contributed by atoms with E-state index in [1.807, 2.05) is 30.0 Å². The van der Waals surface area contributed by atoms with Crippen molar-refractivity contribution in [1.29, 1.82) is 0 Å². The van der Waals surface area contributed by atoms with Crippen molar-refractivity contribution in [2.75, 3.05) is 12.9 Å². The second-order valence-corrected chi connectivity index (χ2v) is 7.16. The van der Waals surface area contributed by atoms with Crippen LogP contribution in [0.15, 0.2) is 33.8 Å². The third kappa shape index (κ3) is 3.29. The standard InChI is InChI=1S/C16H20BrNO2S/c1-5-15-18(14(9-21-15)10(2)3)16(19)12-8-11(20-4)6-7-13(12)17/h5-8,10,14H,9H2,1-4H3/b15-5-/t14-/m1/s1. The van der Waals surface area contributed by atoms with Crippen LogP contribution in [0.1, 0.15) is 31.1 Å². The number of ether oxygens (including phenoxy) is 1. The zero-order chi connectivity index (χ0) is 15.6. The predicted molar refractivity (Wildman–Crippen MR) is 91.7 cm³/mol. The second-order valence-electron chi connectivity index (χ2n) is 5.27. The van der Waals surface area contributed by atoms with E-state index in [2.05, 4.69) is 29.8 Å². The van der Waals surface area contributed by atoms with Gasteiger partial charge in [-0.3, -0.25) is 9.69 Å². The number of allylic oxidation sites excluding steroid dienone is 1. The van der Waals surface area contributed by atoms with Crippen molar-refractivity contribution in [3.8, 4) is 5.75 Å². The highest BCUT2D eigenvalue weighted by Crippen LogP contribution is 2.38. The molecule has 1 saturated heterocycles. The smallest absolute Gasteiger partial charge is 0.260 e. The van der Waals surface area contributed by atoms with Crippen molar-refractivity contribution in [3.05, 3.63) is 39.3 Å². The highest BCUT2D eigenvalue weighted by molar-refractivity contribution is 9.10. The fourth-order valence-electron chi connectivity index (χ4n) is 2.37. The molecule has 0 saturated carbocycles. The van der Waals surface area contributed by atoms with E-state index in [4.69, 9.17) is 4.74 Å². The van der Waals surface area contributed by atoms with Gasteiger partial charge < -0.3 is 4.74 Å². The fourth-order valence-corrected chi connectivity index (χ4v) is 4.18. The van der Waals surface area contributed by atoms with Gasteiger partial charge >= 0.3 is 0 Å². The number of thioether (sulfide) groups is 1. The summed E-state index contributed by atoms with van der Waals surface area (Å²) < 4.78 is 6.03. The highest BCUT2D eigenvalue weighted by Gasteiger charge is 2.36. The minimum atomic E-state index is 0.0255. The fraction of sp³-hybridized carbons (Fsp3) is 0.438. The van der Waals surface area contributed by atoms with Crippen molar-refractivity contribution in [1.82, 2.24) is 4.90 Å². The van der Waals surface area contributed by atoms with Crippen LogP contribution in [0.2, 0.25) is 0 Å². The molecule has 3 nitrogen and oxygen atoms in total. The lowest BCUT2D eigenvalue weighted by Gasteiger charge is -2.28. The first-order valence-electron chi connectivity index (χ1n) is 6.95. The van der Waals surface area contributed by atoms with Crippen LogP contribution >= 0.6 is 27.7 Å². The van der Waals surface area contributed by atoms with E-state index >= 15 is 0 Å². The van der Waals surface area contributed by atoms with Gasteiger partial charge in [-0.05, 0) is 47.0 Å². The van der Waals surface area contributed by atoms with Crippen molar-refractivity contribution in [2.45, 2.75) is 26.8 Å². The Morgan fingerprint density at radius 2 is 2.24 bits per heavy atom. The summed E-state index contributed by atoms with van der Waals surface area (Å²) in [5.74, 6) is 2.09. The summed E-state index contributed by atoms with van der Waals surface area (Å²) >= 11 is 5.22. The highest BCUT2D eigenvalue weighted by atomic mass is 79.9. The quantitative estimate of drug-likeness (QED) is 0.783. The molecule has 114 valence electrons. The summed E-state index contributed by atoms with van der Waals surface area (Å²) in [6, 6.07) is 5.72. The van der Waals surface area contributed by atoms with Gasteiger partial charge in [0.25, 0.3) is 5.91 Å². The molecule has 0 unspecified atom stereocenters. The molecule has 0 aliphatic carbocycles. The Bertz CT molecular complexity index is 571. The average molecular weight is 370 g/mol. The normalized spacial score (nSPS) is 20.4. The topological polar surface area (TPSA) is 29.5 Å². The van der Waals surface area contributed by atoms with Gasteiger partial charge in [0.1, 0.15) is 5.75 Å². The Balaban J connectivity index is 2.41. The minimum absolute atomic E-state index is 0.0255. The van der Waals surface area contributed by atoms with E-state index in [-0.39, 0.29) is 11.9 Å². The summed E-state index contributed by atoms with van der Waals surface area (Å²) in [7, 11) is 1.61. The molecule has 1 aliphatic rings. The number of amides is 1. The minimum Gasteiger partial charge on any atom is -0.497 e. The maximum absolute atomic E-state index is 13.0. The van der Waals surface area contributed by atoms with Crippen LogP contribution in [0.5, 0.6) is 5.75 Å². The van der Waals surface area contributed by atoms with Crippen LogP contribution in [0, 0.1) is 5.92 Å². The van der Waals surface area contributed by atoms with Crippen LogP contribution in [0.4, 0.5) is 0 Å². The molecule has 1 aliphatic heterocycles. The van der Waals surface area contributed by atoms with Gasteiger partial charge in [-0.25, -0.2) is 0 Å². The van der Waals surface area contributed by atoms with E-state index in [9.17, 15) is 4.79 Å². The number of rotatable bonds is 3. The molecular weight excluding hydrogens is 350 g/mol. The molecule has 1 aromatic carbocycles. The maximum atomic E-state index is 13.0. The molecule has 0 bridgehead atoms. The van der Waals surface area contributed by atoms with Crippen LogP contribution < -0.4 is 4.74 Å². The number of halogens is 1. The molecule has 1 atom stereocenters. The van der Waals surface area contributed by atoms with Gasteiger partial charge in [0.05, 0.1) is 17.7 Å². The molecular formula is C16H20BrNO2S. The van der Waals surface area contributed by atoms with Crippen molar-refractivity contribution in [2.24, 2.45) is 5.92 Å². The Kier molecular flexibility index (Phi) is 5.38. The summed E-state index contributed by atoms with van der Waals surface area (Å²) in [5.41, 5.74) is 0.641. The van der Waals surface area contributed by atoms with E-state index in [0.717, 1.165) is 15.3 Å². The van der Waals surface area contributed by atoms with Gasteiger partial charge in [0, 0.05) is 16.3 Å². The van der Waals surface area contributed by atoms with E-state index < -0.39 is 0 Å². The summed E-state index contributed by atoms with van der Waals surface area (Å²) in [6.45, 7) is 6.29. The molecule has 5 heteroatoms. The summed E-state index contributed by atoms with van der Waals surface area (Å²) in [5, 5.41) is 1.04. The monoisotopic (exact) mass is 369 g/mol. The molecule has 21 heavy (non-hydrogen) atoms. The number of methoxy groups -OCH3 is 1. The van der Waals surface area contributed by atoms with Gasteiger partial charge in [0.2, 0.25) is 0 Å². The third-order valence-corrected chi connectivity index (χ3v) is 5.54. The molecule has 0 radical (unpaired) electrons. The Hall–Kier alpha value is -0.940. The molecule has 1 amide bonds. The van der Waals surface area contributed by atoms with Crippen molar-refractivity contribution < 1.29 is 9.53 Å². The van der Waals surface area contributed by atoms with Crippen LogP contribution in [-0.4, -0.2) is 29.7 Å². The molecule has 1 fully saturated rings. The lowest BCUT2D eigenvalue weighted by atomic mass is 10.0. The third-order valence-electron chi connectivity index (χ3n) is 3.61. The van der Waals surface area contributed by atoms with Crippen LogP contribution in [0.3, 0.4) is 0 Å². The Labute approximate surface area is 138 Å². The van der Waals surface area contributed by atoms with E-state index in [1.54, 1.807) is 24.9 Å². The van der Waals surface area contributed by atoms with Gasteiger partial charge in [-0.15, -0.1) is 11.8 Å². The Morgan fingerprint density at radius 3 is 2.81 bits per heavy atom. The van der Waals surface area contributed by atoms with Crippen molar-refractivity contribution >= 4 is 33.6 Å².